The Labute approximate surface area is 185 Å². The minimum absolute atomic E-state index is 0.132. The Hall–Kier alpha value is -3.28. The largest absolute Gasteiger partial charge is 0.394 e. The van der Waals surface area contributed by atoms with Crippen LogP contribution in [0.25, 0.3) is 33.3 Å². The maximum absolute atomic E-state index is 12.6. The molecule has 0 spiro atoms. The Bertz CT molecular complexity index is 1350. The van der Waals surface area contributed by atoms with E-state index in [2.05, 4.69) is 20.3 Å². The van der Waals surface area contributed by atoms with Gasteiger partial charge in [0.2, 0.25) is 0 Å². The Balaban J connectivity index is 0.000000523. The Morgan fingerprint density at radius 1 is 1.22 bits per heavy atom. The number of hydrogen-bond acceptors (Lipinski definition) is 6. The predicted molar refractivity (Wildman–Crippen MR) is 122 cm³/mol. The first-order chi connectivity index (χ1) is 14.9. The number of rotatable bonds is 4. The van der Waals surface area contributed by atoms with Crippen LogP contribution in [-0.2, 0) is 17.2 Å². The smallest absolute Gasteiger partial charge is 0.261 e. The highest BCUT2D eigenvalue weighted by Gasteiger charge is 2.21. The van der Waals surface area contributed by atoms with Crippen LogP contribution >= 0.6 is 0 Å². The molecular formula is C21H25N5O5S. The fraction of sp³-hybridized carbons (Fsp3) is 0.286. The summed E-state index contributed by atoms with van der Waals surface area (Å²) in [4.78, 5) is 24.5. The van der Waals surface area contributed by atoms with E-state index in [9.17, 15) is 18.3 Å². The first-order valence-electron chi connectivity index (χ1n) is 9.63. The zero-order valence-corrected chi connectivity index (χ0v) is 18.9. The van der Waals surface area contributed by atoms with Crippen molar-refractivity contribution in [1.29, 1.82) is 0 Å². The lowest BCUT2D eigenvalue weighted by Gasteiger charge is -2.23. The standard InChI is InChI=1S/C20H21N5O2.CH4O3S/c1-20(2,11-26)24-19(27)12-4-5-17-13(8-12)14(10-25(17)3)15-9-16-18(23-15)22-7-6-21-16;1-5(2,3)4/h4-10,26H,11H2,1-3H3,(H,22,23)(H,24,27);1H3,(H,2,3,4). The molecule has 0 bridgehead atoms. The van der Waals surface area contributed by atoms with Gasteiger partial charge in [-0.2, -0.15) is 8.42 Å². The number of nitrogens with zero attached hydrogens (tertiary/aromatic N) is 3. The van der Waals surface area contributed by atoms with Gasteiger partial charge in [-0.05, 0) is 38.1 Å². The number of fused-ring (bicyclic) bond motifs is 2. The minimum Gasteiger partial charge on any atom is -0.394 e. The molecule has 0 aliphatic rings. The maximum Gasteiger partial charge on any atom is 0.261 e. The lowest BCUT2D eigenvalue weighted by Crippen LogP contribution is -2.46. The Kier molecular flexibility index (Phi) is 6.35. The van der Waals surface area contributed by atoms with Gasteiger partial charge < -0.3 is 20.0 Å². The highest BCUT2D eigenvalue weighted by Crippen LogP contribution is 2.31. The van der Waals surface area contributed by atoms with Crippen molar-refractivity contribution in [2.45, 2.75) is 19.4 Å². The summed E-state index contributed by atoms with van der Waals surface area (Å²) in [5.41, 5.74) is 4.27. The molecule has 10 nitrogen and oxygen atoms in total. The number of carbonyl (C=O) groups is 1. The summed E-state index contributed by atoms with van der Waals surface area (Å²) in [6, 6.07) is 7.56. The third kappa shape index (κ3) is 5.49. The second-order valence-electron chi connectivity index (χ2n) is 8.09. The molecule has 0 atom stereocenters. The van der Waals surface area contributed by atoms with Crippen LogP contribution in [0.15, 0.2) is 42.9 Å². The van der Waals surface area contributed by atoms with Gasteiger partial charge in [0.15, 0.2) is 5.65 Å². The second-order valence-corrected chi connectivity index (χ2v) is 9.55. The summed E-state index contributed by atoms with van der Waals surface area (Å²) in [6.07, 6.45) is 6.05. The average Bonchev–Trinajstić information content (AvgIpc) is 3.27. The van der Waals surface area contributed by atoms with Crippen LogP contribution in [-0.4, -0.2) is 61.9 Å². The van der Waals surface area contributed by atoms with E-state index in [0.29, 0.717) is 11.8 Å². The molecule has 0 saturated heterocycles. The van der Waals surface area contributed by atoms with Crippen LogP contribution in [0.4, 0.5) is 0 Å². The molecule has 0 aliphatic carbocycles. The van der Waals surface area contributed by atoms with Crippen molar-refractivity contribution >= 4 is 38.1 Å². The number of aromatic amines is 1. The molecule has 0 radical (unpaired) electrons. The zero-order valence-electron chi connectivity index (χ0n) is 18.1. The van der Waals surface area contributed by atoms with Crippen molar-refractivity contribution < 1.29 is 22.9 Å². The first kappa shape index (κ1) is 23.4. The summed E-state index contributed by atoms with van der Waals surface area (Å²) in [6.45, 7) is 3.43. The van der Waals surface area contributed by atoms with E-state index in [0.717, 1.165) is 33.3 Å². The molecule has 0 unspecified atom stereocenters. The van der Waals surface area contributed by atoms with E-state index in [1.54, 1.807) is 32.3 Å². The van der Waals surface area contributed by atoms with Gasteiger partial charge in [0.05, 0.1) is 24.1 Å². The van der Waals surface area contributed by atoms with Gasteiger partial charge in [-0.3, -0.25) is 14.3 Å². The molecule has 1 amide bonds. The quantitative estimate of drug-likeness (QED) is 0.341. The SMILES string of the molecule is CS(=O)(=O)O.Cn1cc(-c2cc3nccnc3[nH]2)c2cc(C(=O)NC(C)(C)CO)ccc21. The molecule has 0 saturated carbocycles. The van der Waals surface area contributed by atoms with E-state index < -0.39 is 15.7 Å². The fourth-order valence-electron chi connectivity index (χ4n) is 3.16. The average molecular weight is 460 g/mol. The topological polar surface area (TPSA) is 150 Å². The van der Waals surface area contributed by atoms with Crippen LogP contribution in [0.3, 0.4) is 0 Å². The van der Waals surface area contributed by atoms with Crippen LogP contribution in [0.2, 0.25) is 0 Å². The number of amides is 1. The van der Waals surface area contributed by atoms with Gasteiger partial charge >= 0.3 is 0 Å². The number of aryl methyl sites for hydroxylation is 1. The number of aliphatic hydroxyl groups is 1. The molecule has 11 heteroatoms. The minimum atomic E-state index is -3.67. The molecule has 1 aromatic carbocycles. The molecule has 0 aliphatic heterocycles. The highest BCUT2D eigenvalue weighted by molar-refractivity contribution is 7.85. The summed E-state index contributed by atoms with van der Waals surface area (Å²) in [5.74, 6) is -0.217. The fourth-order valence-corrected chi connectivity index (χ4v) is 3.16. The predicted octanol–water partition coefficient (Wildman–Crippen LogP) is 2.12. The van der Waals surface area contributed by atoms with Crippen molar-refractivity contribution in [1.82, 2.24) is 24.8 Å². The number of aliphatic hydroxyl groups excluding tert-OH is 1. The van der Waals surface area contributed by atoms with E-state index in [-0.39, 0.29) is 12.5 Å². The zero-order chi connectivity index (χ0) is 23.7. The highest BCUT2D eigenvalue weighted by atomic mass is 32.2. The number of nitrogens with one attached hydrogen (secondary N) is 2. The summed E-state index contributed by atoms with van der Waals surface area (Å²) in [5, 5.41) is 13.2. The monoisotopic (exact) mass is 459 g/mol. The Morgan fingerprint density at radius 3 is 2.50 bits per heavy atom. The van der Waals surface area contributed by atoms with Crippen molar-refractivity contribution in [2.75, 3.05) is 12.9 Å². The molecular weight excluding hydrogens is 434 g/mol. The second kappa shape index (κ2) is 8.69. The summed E-state index contributed by atoms with van der Waals surface area (Å²) in [7, 11) is -1.69. The van der Waals surface area contributed by atoms with Gasteiger partial charge in [0, 0.05) is 47.7 Å². The normalized spacial score (nSPS) is 11.9. The molecule has 32 heavy (non-hydrogen) atoms. The van der Waals surface area contributed by atoms with Gasteiger partial charge in [-0.15, -0.1) is 0 Å². The first-order valence-corrected chi connectivity index (χ1v) is 11.5. The van der Waals surface area contributed by atoms with E-state index in [4.69, 9.17) is 4.55 Å². The number of aromatic nitrogens is 4. The maximum atomic E-state index is 12.6. The number of benzene rings is 1. The summed E-state index contributed by atoms with van der Waals surface area (Å²) < 4.78 is 27.9. The van der Waals surface area contributed by atoms with Crippen LogP contribution in [0.5, 0.6) is 0 Å². The third-order valence-corrected chi connectivity index (χ3v) is 4.65. The van der Waals surface area contributed by atoms with Crippen molar-refractivity contribution in [2.24, 2.45) is 7.05 Å². The molecule has 4 N–H and O–H groups in total. The van der Waals surface area contributed by atoms with Crippen molar-refractivity contribution in [3.8, 4) is 11.3 Å². The van der Waals surface area contributed by atoms with Crippen LogP contribution in [0.1, 0.15) is 24.2 Å². The lowest BCUT2D eigenvalue weighted by molar-refractivity contribution is 0.0869. The van der Waals surface area contributed by atoms with Crippen molar-refractivity contribution in [3.63, 3.8) is 0 Å². The van der Waals surface area contributed by atoms with E-state index in [1.807, 2.05) is 36.0 Å². The van der Waals surface area contributed by atoms with Crippen LogP contribution < -0.4 is 5.32 Å². The molecule has 4 aromatic rings. The van der Waals surface area contributed by atoms with Gasteiger partial charge in [0.1, 0.15) is 5.52 Å². The lowest BCUT2D eigenvalue weighted by atomic mass is 10.0. The van der Waals surface area contributed by atoms with Crippen LogP contribution in [0, 0.1) is 0 Å². The molecule has 170 valence electrons. The third-order valence-electron chi connectivity index (χ3n) is 4.65. The Morgan fingerprint density at radius 2 is 1.88 bits per heavy atom. The molecule has 0 fully saturated rings. The number of H-pyrrole nitrogens is 1. The number of hydrogen-bond donors (Lipinski definition) is 4. The molecule has 3 aromatic heterocycles. The van der Waals surface area contributed by atoms with Gasteiger partial charge in [-0.1, -0.05) is 0 Å². The van der Waals surface area contributed by atoms with Crippen molar-refractivity contribution in [3.05, 3.63) is 48.4 Å². The molecule has 4 rings (SSSR count). The van der Waals surface area contributed by atoms with Gasteiger partial charge in [-0.25, -0.2) is 4.98 Å². The number of carbonyl (C=O) groups excluding carboxylic acids is 1. The summed E-state index contributed by atoms with van der Waals surface area (Å²) >= 11 is 0. The van der Waals surface area contributed by atoms with E-state index in [1.165, 1.54) is 0 Å². The molecule has 3 heterocycles. The van der Waals surface area contributed by atoms with E-state index >= 15 is 0 Å². The van der Waals surface area contributed by atoms with Gasteiger partial charge in [0.25, 0.3) is 16.0 Å².